The van der Waals surface area contributed by atoms with Gasteiger partial charge in [0, 0.05) is 24.0 Å². The van der Waals surface area contributed by atoms with Crippen molar-refractivity contribution in [3.8, 4) is 0 Å². The summed E-state index contributed by atoms with van der Waals surface area (Å²) in [7, 11) is 0. The fraction of sp³-hybridized carbons (Fsp3) is 0.154. The molecule has 0 spiro atoms. The Labute approximate surface area is 122 Å². The summed E-state index contributed by atoms with van der Waals surface area (Å²) in [6.45, 7) is 7.37. The van der Waals surface area contributed by atoms with Crippen LogP contribution in [0.3, 0.4) is 0 Å². The summed E-state index contributed by atoms with van der Waals surface area (Å²) in [5.74, 6) is 0. The first kappa shape index (κ1) is 15.3. The number of hydrogen-bond acceptors (Lipinski definition) is 4. The molecule has 100 valence electrons. The van der Waals surface area contributed by atoms with E-state index in [0.717, 1.165) is 11.3 Å². The third-order valence-corrected chi connectivity index (χ3v) is 2.87. The minimum Gasteiger partial charge on any atom is -0.331 e. The van der Waals surface area contributed by atoms with Gasteiger partial charge in [-0.15, -0.1) is 11.3 Å². The summed E-state index contributed by atoms with van der Waals surface area (Å²) in [6.07, 6.45) is 1.77. The van der Waals surface area contributed by atoms with E-state index in [0.29, 0.717) is 5.11 Å². The third-order valence-electron chi connectivity index (χ3n) is 2.16. The van der Waals surface area contributed by atoms with Crippen LogP contribution in [-0.2, 0) is 0 Å². The molecular weight excluding hydrogens is 276 g/mol. The largest absolute Gasteiger partial charge is 0.331 e. The van der Waals surface area contributed by atoms with Crippen LogP contribution in [-0.4, -0.2) is 16.8 Å². The Kier molecular flexibility index (Phi) is 6.70. The van der Waals surface area contributed by atoms with Crippen LogP contribution in [0.15, 0.2) is 40.4 Å². The second kappa shape index (κ2) is 8.34. The molecule has 2 N–H and O–H groups in total. The average molecular weight is 292 g/mol. The van der Waals surface area contributed by atoms with Crippen LogP contribution in [0.5, 0.6) is 0 Å². The molecule has 0 radical (unpaired) electrons. The van der Waals surface area contributed by atoms with E-state index in [1.807, 2.05) is 24.4 Å². The van der Waals surface area contributed by atoms with Gasteiger partial charge in [0.1, 0.15) is 0 Å². The number of nitrogens with zero attached hydrogens (tertiary/aromatic N) is 2. The molecule has 19 heavy (non-hydrogen) atoms. The van der Waals surface area contributed by atoms with Crippen molar-refractivity contribution in [3.05, 3.63) is 46.4 Å². The van der Waals surface area contributed by atoms with Gasteiger partial charge in [-0.3, -0.25) is 10.4 Å². The Morgan fingerprint density at radius 1 is 1.42 bits per heavy atom. The highest BCUT2D eigenvalue weighted by molar-refractivity contribution is 7.80. The van der Waals surface area contributed by atoms with E-state index in [9.17, 15) is 0 Å². The molecule has 0 saturated carbocycles. The fourth-order valence-corrected chi connectivity index (χ4v) is 1.88. The summed E-state index contributed by atoms with van der Waals surface area (Å²) in [4.78, 5) is 3.74. The second-order valence-corrected chi connectivity index (χ2v) is 4.88. The highest BCUT2D eigenvalue weighted by atomic mass is 32.1. The van der Waals surface area contributed by atoms with Crippen molar-refractivity contribution in [2.75, 3.05) is 5.32 Å². The normalized spacial score (nSPS) is 8.95. The lowest BCUT2D eigenvalue weighted by molar-refractivity contribution is 1.06. The molecule has 0 aliphatic rings. The molecule has 0 atom stereocenters. The van der Waals surface area contributed by atoms with Crippen molar-refractivity contribution in [3.63, 3.8) is 0 Å². The molecule has 1 aromatic carbocycles. The van der Waals surface area contributed by atoms with Crippen LogP contribution in [0, 0.1) is 13.8 Å². The summed E-state index contributed by atoms with van der Waals surface area (Å²) >= 11 is 6.57. The fourth-order valence-electron chi connectivity index (χ4n) is 1.35. The van der Waals surface area contributed by atoms with Gasteiger partial charge in [-0.25, -0.2) is 0 Å². The number of anilines is 1. The Balaban J connectivity index is 0.000000300. The van der Waals surface area contributed by atoms with Gasteiger partial charge in [-0.1, -0.05) is 17.7 Å². The van der Waals surface area contributed by atoms with E-state index in [-0.39, 0.29) is 0 Å². The van der Waals surface area contributed by atoms with E-state index in [1.54, 1.807) is 23.0 Å². The Bertz CT molecular complexity index is 506. The molecule has 0 aliphatic carbocycles. The number of hydrazone groups is 1. The molecular formula is C13H16N4S2. The number of rotatable bonds is 2. The maximum Gasteiger partial charge on any atom is 0.191 e. The molecule has 6 heteroatoms. The van der Waals surface area contributed by atoms with Gasteiger partial charge in [-0.2, -0.15) is 5.10 Å². The number of thiazole rings is 1. The number of aryl methyl sites for hydroxylation is 2. The lowest BCUT2D eigenvalue weighted by Crippen LogP contribution is -2.23. The molecule has 1 aromatic heterocycles. The summed E-state index contributed by atoms with van der Waals surface area (Å²) in [5.41, 5.74) is 7.73. The minimum atomic E-state index is 0.451. The summed E-state index contributed by atoms with van der Waals surface area (Å²) < 4.78 is 0. The van der Waals surface area contributed by atoms with Crippen LogP contribution in [0.4, 0.5) is 5.69 Å². The van der Waals surface area contributed by atoms with E-state index >= 15 is 0 Å². The highest BCUT2D eigenvalue weighted by Gasteiger charge is 1.99. The smallest absolute Gasteiger partial charge is 0.191 e. The zero-order valence-corrected chi connectivity index (χ0v) is 12.5. The van der Waals surface area contributed by atoms with E-state index in [4.69, 9.17) is 12.2 Å². The first-order chi connectivity index (χ1) is 9.13. The van der Waals surface area contributed by atoms with Gasteiger partial charge in [0.15, 0.2) is 5.11 Å². The van der Waals surface area contributed by atoms with Crippen molar-refractivity contribution < 1.29 is 0 Å². The number of aromatic nitrogens is 1. The maximum atomic E-state index is 4.97. The summed E-state index contributed by atoms with van der Waals surface area (Å²) in [5, 5.41) is 8.88. The Hall–Kier alpha value is -1.79. The molecule has 0 amide bonds. The van der Waals surface area contributed by atoms with Crippen LogP contribution in [0.2, 0.25) is 0 Å². The Morgan fingerprint density at radius 2 is 2.21 bits per heavy atom. The van der Waals surface area contributed by atoms with Gasteiger partial charge in [0.2, 0.25) is 0 Å². The van der Waals surface area contributed by atoms with Crippen molar-refractivity contribution in [1.29, 1.82) is 0 Å². The standard InChI is InChI=1S/C10H13N3S.C3H3NS/c1-7-4-5-9(8(2)6-7)12-10(14)13-11-3;1-2-5-3-4-1/h4-6H,3H2,1-2H3,(H2,12,13,14);1-3H. The predicted molar refractivity (Wildman–Crippen MR) is 86.9 cm³/mol. The maximum absolute atomic E-state index is 4.97. The molecule has 2 aromatic rings. The quantitative estimate of drug-likeness (QED) is 0.506. The van der Waals surface area contributed by atoms with Gasteiger partial charge >= 0.3 is 0 Å². The van der Waals surface area contributed by atoms with Crippen molar-refractivity contribution in [2.24, 2.45) is 5.10 Å². The molecule has 0 unspecified atom stereocenters. The van der Waals surface area contributed by atoms with Crippen LogP contribution in [0.25, 0.3) is 0 Å². The number of thiocarbonyl (C=S) groups is 1. The number of nitrogens with one attached hydrogen (secondary N) is 2. The molecule has 0 saturated heterocycles. The third kappa shape index (κ3) is 6.08. The minimum absolute atomic E-state index is 0.451. The lowest BCUT2D eigenvalue weighted by atomic mass is 10.1. The molecule has 1 heterocycles. The van der Waals surface area contributed by atoms with Crippen molar-refractivity contribution in [1.82, 2.24) is 10.4 Å². The molecule has 2 rings (SSSR count). The van der Waals surface area contributed by atoms with Crippen molar-refractivity contribution >= 4 is 41.1 Å². The van der Waals surface area contributed by atoms with E-state index in [2.05, 4.69) is 40.5 Å². The van der Waals surface area contributed by atoms with Gasteiger partial charge < -0.3 is 5.32 Å². The van der Waals surface area contributed by atoms with Gasteiger partial charge in [0.05, 0.1) is 5.51 Å². The topological polar surface area (TPSA) is 49.3 Å². The number of hydrogen-bond donors (Lipinski definition) is 2. The lowest BCUT2D eigenvalue weighted by Gasteiger charge is -2.09. The second-order valence-electron chi connectivity index (χ2n) is 3.72. The Morgan fingerprint density at radius 3 is 2.68 bits per heavy atom. The van der Waals surface area contributed by atoms with Crippen LogP contribution >= 0.6 is 23.6 Å². The van der Waals surface area contributed by atoms with Crippen molar-refractivity contribution in [2.45, 2.75) is 13.8 Å². The average Bonchev–Trinajstić information content (AvgIpc) is 2.92. The van der Waals surface area contributed by atoms with Gasteiger partial charge in [0.25, 0.3) is 0 Å². The highest BCUT2D eigenvalue weighted by Crippen LogP contribution is 2.15. The van der Waals surface area contributed by atoms with Crippen LogP contribution in [0.1, 0.15) is 11.1 Å². The van der Waals surface area contributed by atoms with E-state index < -0.39 is 0 Å². The zero-order chi connectivity index (χ0) is 14.1. The number of benzene rings is 1. The summed E-state index contributed by atoms with van der Waals surface area (Å²) in [6, 6.07) is 6.10. The molecule has 0 aliphatic heterocycles. The van der Waals surface area contributed by atoms with E-state index in [1.165, 1.54) is 5.56 Å². The van der Waals surface area contributed by atoms with Crippen LogP contribution < -0.4 is 10.7 Å². The zero-order valence-electron chi connectivity index (χ0n) is 10.9. The SMILES string of the molecule is C=NNC(=S)Nc1ccc(C)cc1C.c1cscn1. The molecule has 0 bridgehead atoms. The first-order valence-electron chi connectivity index (χ1n) is 5.55. The predicted octanol–water partition coefficient (Wildman–Crippen LogP) is 3.35. The monoisotopic (exact) mass is 292 g/mol. The first-order valence-corrected chi connectivity index (χ1v) is 6.90. The molecule has 4 nitrogen and oxygen atoms in total. The van der Waals surface area contributed by atoms with Gasteiger partial charge in [-0.05, 0) is 37.7 Å². The molecule has 0 fully saturated rings.